The Labute approximate surface area is 187 Å². The van der Waals surface area contributed by atoms with Crippen molar-refractivity contribution in [3.8, 4) is 0 Å². The fraction of sp³-hybridized carbons (Fsp3) is 0.167. The number of fused-ring (bicyclic) bond motifs is 2. The summed E-state index contributed by atoms with van der Waals surface area (Å²) in [5.41, 5.74) is 3.99. The number of thiophene rings is 1. The lowest BCUT2D eigenvalue weighted by molar-refractivity contribution is -0.119. The summed E-state index contributed by atoms with van der Waals surface area (Å²) in [6, 6.07) is 13.2. The first-order chi connectivity index (χ1) is 15.6. The second-order valence-corrected chi connectivity index (χ2v) is 8.44. The van der Waals surface area contributed by atoms with Gasteiger partial charge in [-0.15, -0.1) is 11.3 Å². The molecule has 1 aliphatic carbocycles. The molecule has 1 aromatic carbocycles. The molecule has 0 unspecified atom stereocenters. The van der Waals surface area contributed by atoms with Crippen LogP contribution in [0.4, 0.5) is 5.82 Å². The van der Waals surface area contributed by atoms with Crippen LogP contribution in [0.25, 0.3) is 22.6 Å². The van der Waals surface area contributed by atoms with E-state index >= 15 is 0 Å². The maximum Gasteiger partial charge on any atom is 0.339 e. The number of amides is 1. The summed E-state index contributed by atoms with van der Waals surface area (Å²) >= 11 is 1.66. The molecule has 4 aromatic rings. The molecular formula is C24H19N3O4S. The van der Waals surface area contributed by atoms with Crippen LogP contribution in [0.3, 0.4) is 0 Å². The zero-order valence-electron chi connectivity index (χ0n) is 17.3. The standard InChI is InChI=1S/C24H19N3O4S/c1-14-11-20(27-31-14)26-21(28)13-30-24(29)22-17-6-2-3-7-19(17)25-23-15(8-9-18(22)23)12-16-5-4-10-32-16/h2-7,10-12H,8-9,13H2,1H3,(H,26,27,28)/b15-12-. The fourth-order valence-electron chi connectivity index (χ4n) is 3.86. The molecule has 0 fully saturated rings. The Kier molecular flexibility index (Phi) is 5.28. The molecule has 5 rings (SSSR count). The summed E-state index contributed by atoms with van der Waals surface area (Å²) in [5.74, 6) is -0.173. The number of benzene rings is 1. The second-order valence-electron chi connectivity index (χ2n) is 7.46. The molecule has 3 heterocycles. The highest BCUT2D eigenvalue weighted by atomic mass is 32.1. The van der Waals surface area contributed by atoms with Gasteiger partial charge in [0.15, 0.2) is 12.4 Å². The number of nitrogens with one attached hydrogen (secondary N) is 1. The molecule has 0 bridgehead atoms. The summed E-state index contributed by atoms with van der Waals surface area (Å²) in [6.07, 6.45) is 3.61. The summed E-state index contributed by atoms with van der Waals surface area (Å²) in [7, 11) is 0. The molecule has 32 heavy (non-hydrogen) atoms. The number of rotatable bonds is 5. The van der Waals surface area contributed by atoms with Crippen LogP contribution in [0.15, 0.2) is 52.4 Å². The molecule has 3 aromatic heterocycles. The van der Waals surface area contributed by atoms with Crippen molar-refractivity contribution in [1.29, 1.82) is 0 Å². The summed E-state index contributed by atoms with van der Waals surface area (Å²) in [4.78, 5) is 31.3. The zero-order valence-corrected chi connectivity index (χ0v) is 18.1. The molecule has 8 heteroatoms. The number of anilines is 1. The van der Waals surface area contributed by atoms with E-state index < -0.39 is 18.5 Å². The van der Waals surface area contributed by atoms with Crippen molar-refractivity contribution in [3.63, 3.8) is 0 Å². The average Bonchev–Trinajstić information content (AvgIpc) is 3.53. The number of aryl methyl sites for hydroxylation is 1. The SMILES string of the molecule is Cc1cc(NC(=O)COC(=O)c2c3c(nc4ccccc24)/C(=C\c2cccs2)CC3)no1. The van der Waals surface area contributed by atoms with Gasteiger partial charge in [-0.2, -0.15) is 0 Å². The molecule has 1 amide bonds. The molecule has 0 spiro atoms. The summed E-state index contributed by atoms with van der Waals surface area (Å²) in [5, 5.41) is 9.01. The molecule has 1 N–H and O–H groups in total. The minimum atomic E-state index is -0.538. The van der Waals surface area contributed by atoms with Crippen molar-refractivity contribution >= 4 is 51.6 Å². The molecule has 0 aliphatic heterocycles. The van der Waals surface area contributed by atoms with E-state index in [1.807, 2.05) is 35.7 Å². The van der Waals surface area contributed by atoms with Gasteiger partial charge in [0.1, 0.15) is 5.76 Å². The van der Waals surface area contributed by atoms with Gasteiger partial charge in [0.2, 0.25) is 0 Å². The monoisotopic (exact) mass is 445 g/mol. The third-order valence-electron chi connectivity index (χ3n) is 5.24. The van der Waals surface area contributed by atoms with Gasteiger partial charge >= 0.3 is 5.97 Å². The van der Waals surface area contributed by atoms with Gasteiger partial charge in [-0.05, 0) is 54.5 Å². The van der Waals surface area contributed by atoms with Gasteiger partial charge in [0.05, 0.1) is 16.8 Å². The first-order valence-electron chi connectivity index (χ1n) is 10.1. The fourth-order valence-corrected chi connectivity index (χ4v) is 4.55. The van der Waals surface area contributed by atoms with Crippen LogP contribution >= 0.6 is 11.3 Å². The van der Waals surface area contributed by atoms with E-state index in [4.69, 9.17) is 14.2 Å². The molecule has 0 radical (unpaired) electrons. The van der Waals surface area contributed by atoms with Crippen LogP contribution < -0.4 is 5.32 Å². The van der Waals surface area contributed by atoms with Crippen LogP contribution in [-0.4, -0.2) is 28.6 Å². The van der Waals surface area contributed by atoms with Crippen LogP contribution in [0.1, 0.15) is 38.7 Å². The number of carbonyl (C=O) groups excluding carboxylic acids is 2. The van der Waals surface area contributed by atoms with Gasteiger partial charge in [-0.1, -0.05) is 29.4 Å². The number of esters is 1. The van der Waals surface area contributed by atoms with E-state index in [1.165, 1.54) is 0 Å². The van der Waals surface area contributed by atoms with E-state index in [0.29, 0.717) is 17.7 Å². The van der Waals surface area contributed by atoms with Crippen molar-refractivity contribution in [2.45, 2.75) is 19.8 Å². The maximum absolute atomic E-state index is 13.1. The van der Waals surface area contributed by atoms with Crippen LogP contribution in [0.5, 0.6) is 0 Å². The van der Waals surface area contributed by atoms with E-state index in [1.54, 1.807) is 24.3 Å². The van der Waals surface area contributed by atoms with Crippen molar-refractivity contribution in [1.82, 2.24) is 10.1 Å². The number of nitrogens with zero attached hydrogens (tertiary/aromatic N) is 2. The Bertz CT molecular complexity index is 1360. The molecular weight excluding hydrogens is 426 g/mol. The number of ether oxygens (including phenoxy) is 1. The number of para-hydroxylation sites is 1. The quantitative estimate of drug-likeness (QED) is 0.440. The maximum atomic E-state index is 13.1. The molecule has 160 valence electrons. The highest BCUT2D eigenvalue weighted by Crippen LogP contribution is 2.38. The van der Waals surface area contributed by atoms with Crippen LogP contribution in [-0.2, 0) is 16.0 Å². The minimum absolute atomic E-state index is 0.280. The number of hydrogen-bond acceptors (Lipinski definition) is 7. The number of hydrogen-bond donors (Lipinski definition) is 1. The number of carbonyl (C=O) groups is 2. The van der Waals surface area contributed by atoms with E-state index in [0.717, 1.165) is 39.0 Å². The Hall–Kier alpha value is -3.78. The lowest BCUT2D eigenvalue weighted by atomic mass is 10.0. The Morgan fingerprint density at radius 1 is 1.22 bits per heavy atom. The van der Waals surface area contributed by atoms with Gasteiger partial charge in [0.25, 0.3) is 5.91 Å². The molecule has 0 saturated heterocycles. The number of aromatic nitrogens is 2. The first-order valence-corrected chi connectivity index (χ1v) is 11.0. The predicted octanol–water partition coefficient (Wildman–Crippen LogP) is 4.88. The molecule has 0 saturated carbocycles. The molecule has 7 nitrogen and oxygen atoms in total. The minimum Gasteiger partial charge on any atom is -0.452 e. The third-order valence-corrected chi connectivity index (χ3v) is 6.05. The van der Waals surface area contributed by atoms with E-state index in [2.05, 4.69) is 22.6 Å². The predicted molar refractivity (Wildman–Crippen MR) is 122 cm³/mol. The lowest BCUT2D eigenvalue weighted by Gasteiger charge is -2.12. The Morgan fingerprint density at radius 2 is 2.09 bits per heavy atom. The van der Waals surface area contributed by atoms with Crippen molar-refractivity contribution in [3.05, 3.63) is 75.3 Å². The lowest BCUT2D eigenvalue weighted by Crippen LogP contribution is -2.22. The van der Waals surface area contributed by atoms with Gasteiger partial charge in [0, 0.05) is 16.3 Å². The van der Waals surface area contributed by atoms with Crippen LogP contribution in [0.2, 0.25) is 0 Å². The molecule has 0 atom stereocenters. The number of allylic oxidation sites excluding steroid dienone is 1. The summed E-state index contributed by atoms with van der Waals surface area (Å²) < 4.78 is 10.3. The topological polar surface area (TPSA) is 94.3 Å². The van der Waals surface area contributed by atoms with Crippen molar-refractivity contribution < 1.29 is 18.8 Å². The van der Waals surface area contributed by atoms with Crippen LogP contribution in [0, 0.1) is 6.92 Å². The summed E-state index contributed by atoms with van der Waals surface area (Å²) in [6.45, 7) is 1.30. The normalized spacial score (nSPS) is 14.0. The van der Waals surface area contributed by atoms with Gasteiger partial charge < -0.3 is 14.6 Å². The largest absolute Gasteiger partial charge is 0.452 e. The highest BCUT2D eigenvalue weighted by Gasteiger charge is 2.28. The van der Waals surface area contributed by atoms with Gasteiger partial charge in [-0.3, -0.25) is 4.79 Å². The second kappa shape index (κ2) is 8.39. The van der Waals surface area contributed by atoms with Crippen molar-refractivity contribution in [2.75, 3.05) is 11.9 Å². The molecule has 1 aliphatic rings. The number of pyridine rings is 1. The van der Waals surface area contributed by atoms with Gasteiger partial charge in [-0.25, -0.2) is 9.78 Å². The van der Waals surface area contributed by atoms with E-state index in [9.17, 15) is 9.59 Å². The van der Waals surface area contributed by atoms with Crippen molar-refractivity contribution in [2.24, 2.45) is 0 Å². The third kappa shape index (κ3) is 3.92. The Balaban J connectivity index is 1.44. The average molecular weight is 446 g/mol. The Morgan fingerprint density at radius 3 is 2.88 bits per heavy atom. The van der Waals surface area contributed by atoms with E-state index in [-0.39, 0.29) is 5.82 Å². The zero-order chi connectivity index (χ0) is 22.1. The highest BCUT2D eigenvalue weighted by molar-refractivity contribution is 7.10. The smallest absolute Gasteiger partial charge is 0.339 e. The first kappa shape index (κ1) is 20.1.